The smallest absolute Gasteiger partial charge is 0.159 e. The third kappa shape index (κ3) is 3.08. The number of hydrogen-bond acceptors (Lipinski definition) is 1. The quantitative estimate of drug-likeness (QED) is 0.211. The molecule has 0 aliphatic heterocycles. The third-order valence-corrected chi connectivity index (χ3v) is 9.06. The molecule has 0 amide bonds. The molecule has 10 rings (SSSR count). The summed E-state index contributed by atoms with van der Waals surface area (Å²) >= 11 is 0. The Morgan fingerprint density at radius 2 is 1.00 bits per heavy atom. The molecule has 3 nitrogen and oxygen atoms in total. The van der Waals surface area contributed by atoms with Crippen LogP contribution in [0.3, 0.4) is 0 Å². The monoisotopic (exact) mass is 548 g/mol. The number of para-hydroxylation sites is 4. The van der Waals surface area contributed by atoms with Gasteiger partial charge in [-0.2, -0.15) is 0 Å². The molecule has 0 saturated heterocycles. The molecule has 0 saturated carbocycles. The van der Waals surface area contributed by atoms with Gasteiger partial charge in [-0.3, -0.25) is 0 Å². The van der Waals surface area contributed by atoms with E-state index in [1.165, 1.54) is 48.9 Å². The van der Waals surface area contributed by atoms with Gasteiger partial charge in [-0.15, -0.1) is 0 Å². The average molecular weight is 549 g/mol. The number of fused-ring (bicyclic) bond motifs is 10. The molecule has 0 unspecified atom stereocenters. The molecule has 3 heteroatoms. The van der Waals surface area contributed by atoms with Crippen LogP contribution in [0.15, 0.2) is 150 Å². The van der Waals surface area contributed by atoms with Crippen LogP contribution in [-0.4, -0.2) is 9.13 Å². The van der Waals surface area contributed by atoms with Crippen molar-refractivity contribution in [2.24, 2.45) is 0 Å². The summed E-state index contributed by atoms with van der Waals surface area (Å²) in [7, 11) is 0. The third-order valence-electron chi connectivity index (χ3n) is 9.06. The van der Waals surface area contributed by atoms with Crippen molar-refractivity contribution in [3.05, 3.63) is 146 Å². The van der Waals surface area contributed by atoms with Gasteiger partial charge in [0.05, 0.1) is 27.8 Å². The molecule has 43 heavy (non-hydrogen) atoms. The SMILES string of the molecule is c1ccc(-n2c3ccccc3c3cc4c5cc6ccccc6cc5n(-c5cccc6c5oc5ccccc56)c4cc32)cc1. The molecule has 3 aromatic heterocycles. The fraction of sp³-hybridized carbons (Fsp3) is 0. The van der Waals surface area contributed by atoms with Crippen molar-refractivity contribution >= 4 is 76.3 Å². The number of benzene rings is 7. The number of aromatic nitrogens is 2. The zero-order chi connectivity index (χ0) is 28.1. The fourth-order valence-corrected chi connectivity index (χ4v) is 7.19. The van der Waals surface area contributed by atoms with E-state index < -0.39 is 0 Å². The lowest BCUT2D eigenvalue weighted by Crippen LogP contribution is -1.96. The molecule has 7 aromatic carbocycles. The molecule has 0 atom stereocenters. The lowest BCUT2D eigenvalue weighted by atomic mass is 10.0. The van der Waals surface area contributed by atoms with Gasteiger partial charge >= 0.3 is 0 Å². The summed E-state index contributed by atoms with van der Waals surface area (Å²) in [5.41, 5.74) is 8.73. The van der Waals surface area contributed by atoms with E-state index >= 15 is 0 Å². The topological polar surface area (TPSA) is 23.0 Å². The van der Waals surface area contributed by atoms with Crippen LogP contribution in [0.2, 0.25) is 0 Å². The maximum Gasteiger partial charge on any atom is 0.159 e. The highest BCUT2D eigenvalue weighted by Gasteiger charge is 2.21. The van der Waals surface area contributed by atoms with Crippen LogP contribution < -0.4 is 0 Å². The second kappa shape index (κ2) is 8.37. The van der Waals surface area contributed by atoms with Crippen molar-refractivity contribution in [1.82, 2.24) is 9.13 Å². The second-order valence-corrected chi connectivity index (χ2v) is 11.4. The molecular weight excluding hydrogens is 524 g/mol. The second-order valence-electron chi connectivity index (χ2n) is 11.4. The molecule has 0 spiro atoms. The Morgan fingerprint density at radius 3 is 1.88 bits per heavy atom. The van der Waals surface area contributed by atoms with Gasteiger partial charge < -0.3 is 13.6 Å². The first-order chi connectivity index (χ1) is 21.3. The van der Waals surface area contributed by atoms with Crippen molar-refractivity contribution in [1.29, 1.82) is 0 Å². The lowest BCUT2D eigenvalue weighted by molar-refractivity contribution is 0.666. The Hall–Kier alpha value is -5.80. The average Bonchev–Trinajstić information content (AvgIpc) is 3.70. The van der Waals surface area contributed by atoms with E-state index in [-0.39, 0.29) is 0 Å². The Balaban J connectivity index is 1.43. The normalized spacial score (nSPS) is 12.2. The Bertz CT molecular complexity index is 2720. The molecule has 3 heterocycles. The van der Waals surface area contributed by atoms with Gasteiger partial charge in [-0.1, -0.05) is 91.0 Å². The van der Waals surface area contributed by atoms with Gasteiger partial charge in [-0.25, -0.2) is 0 Å². The van der Waals surface area contributed by atoms with Crippen LogP contribution >= 0.6 is 0 Å². The summed E-state index contributed by atoms with van der Waals surface area (Å²) in [5.74, 6) is 0. The van der Waals surface area contributed by atoms with E-state index in [1.54, 1.807) is 0 Å². The highest BCUT2D eigenvalue weighted by atomic mass is 16.3. The van der Waals surface area contributed by atoms with E-state index in [2.05, 4.69) is 149 Å². The first-order valence-electron chi connectivity index (χ1n) is 14.7. The Morgan fingerprint density at radius 1 is 0.372 bits per heavy atom. The number of rotatable bonds is 2. The summed E-state index contributed by atoms with van der Waals surface area (Å²) in [6.07, 6.45) is 0. The van der Waals surface area contributed by atoms with Gasteiger partial charge in [0.1, 0.15) is 5.58 Å². The fourth-order valence-electron chi connectivity index (χ4n) is 7.19. The zero-order valence-electron chi connectivity index (χ0n) is 23.2. The number of furan rings is 1. The van der Waals surface area contributed by atoms with E-state index in [1.807, 2.05) is 6.07 Å². The molecule has 0 aliphatic carbocycles. The first-order valence-corrected chi connectivity index (χ1v) is 14.7. The van der Waals surface area contributed by atoms with Gasteiger partial charge in [0.15, 0.2) is 5.58 Å². The Kier molecular flexibility index (Phi) is 4.45. The molecular formula is C40H24N2O. The predicted octanol–water partition coefficient (Wildman–Crippen LogP) is 10.9. The largest absolute Gasteiger partial charge is 0.454 e. The van der Waals surface area contributed by atoms with Crippen molar-refractivity contribution < 1.29 is 4.42 Å². The van der Waals surface area contributed by atoms with Crippen LogP contribution in [-0.2, 0) is 0 Å². The minimum Gasteiger partial charge on any atom is -0.454 e. The van der Waals surface area contributed by atoms with Crippen LogP contribution in [0.4, 0.5) is 0 Å². The molecule has 0 N–H and O–H groups in total. The molecule has 0 bridgehead atoms. The van der Waals surface area contributed by atoms with Crippen molar-refractivity contribution in [2.45, 2.75) is 0 Å². The van der Waals surface area contributed by atoms with Crippen LogP contribution in [0.1, 0.15) is 0 Å². The highest BCUT2D eigenvalue weighted by molar-refractivity contribution is 6.21. The highest BCUT2D eigenvalue weighted by Crippen LogP contribution is 2.42. The molecule has 0 fully saturated rings. The summed E-state index contributed by atoms with van der Waals surface area (Å²) in [4.78, 5) is 0. The predicted molar refractivity (Wildman–Crippen MR) is 180 cm³/mol. The number of nitrogens with zero attached hydrogens (tertiary/aromatic N) is 2. The summed E-state index contributed by atoms with van der Waals surface area (Å²) in [6.45, 7) is 0. The molecule has 0 aliphatic rings. The van der Waals surface area contributed by atoms with E-state index in [4.69, 9.17) is 4.42 Å². The van der Waals surface area contributed by atoms with Crippen LogP contribution in [0.25, 0.3) is 87.7 Å². The number of hydrogen-bond donors (Lipinski definition) is 0. The maximum atomic E-state index is 6.60. The van der Waals surface area contributed by atoms with Crippen LogP contribution in [0.5, 0.6) is 0 Å². The summed E-state index contributed by atoms with van der Waals surface area (Å²) in [5, 5.41) is 9.70. The van der Waals surface area contributed by atoms with Crippen molar-refractivity contribution in [3.8, 4) is 11.4 Å². The summed E-state index contributed by atoms with van der Waals surface area (Å²) in [6, 6.07) is 52.3. The van der Waals surface area contributed by atoms with Crippen LogP contribution in [0, 0.1) is 0 Å². The molecule has 0 radical (unpaired) electrons. The van der Waals surface area contributed by atoms with Crippen molar-refractivity contribution in [3.63, 3.8) is 0 Å². The van der Waals surface area contributed by atoms with Gasteiger partial charge in [0.25, 0.3) is 0 Å². The molecule has 10 aromatic rings. The van der Waals surface area contributed by atoms with Gasteiger partial charge in [-0.05, 0) is 65.4 Å². The minimum atomic E-state index is 0.902. The zero-order valence-corrected chi connectivity index (χ0v) is 23.2. The van der Waals surface area contributed by atoms with Gasteiger partial charge in [0.2, 0.25) is 0 Å². The van der Waals surface area contributed by atoms with E-state index in [0.29, 0.717) is 0 Å². The minimum absolute atomic E-state index is 0.902. The maximum absolute atomic E-state index is 6.60. The van der Waals surface area contributed by atoms with E-state index in [0.717, 1.165) is 38.8 Å². The standard InChI is InChI=1S/C40H24N2O/c1-2-13-27(14-3-1)41-34-18-8-6-15-28(34)32-23-33-31-21-25-11-4-5-12-26(25)22-36(31)42(38(33)24-37(32)41)35-19-10-17-30-29-16-7-9-20-39(29)43-40(30)35/h1-24H. The summed E-state index contributed by atoms with van der Waals surface area (Å²) < 4.78 is 11.4. The Labute approximate surface area is 246 Å². The van der Waals surface area contributed by atoms with Crippen molar-refractivity contribution in [2.75, 3.05) is 0 Å². The molecule has 200 valence electrons. The lowest BCUT2D eigenvalue weighted by Gasteiger charge is -2.11. The van der Waals surface area contributed by atoms with E-state index in [9.17, 15) is 0 Å². The first kappa shape index (κ1) is 22.8. The van der Waals surface area contributed by atoms with Gasteiger partial charge in [0, 0.05) is 38.0 Å².